The van der Waals surface area contributed by atoms with E-state index >= 15 is 0 Å². The molecule has 33 heavy (non-hydrogen) atoms. The van der Waals surface area contributed by atoms with E-state index in [1.54, 1.807) is 18.1 Å². The van der Waals surface area contributed by atoms with Crippen LogP contribution in [0.25, 0.3) is 0 Å². The molecule has 0 unspecified atom stereocenters. The number of hydrogen-bond acceptors (Lipinski definition) is 3. The Labute approximate surface area is 202 Å². The highest BCUT2D eigenvalue weighted by Gasteiger charge is 2.53. The molecular formula is C30H47NO2. The molecule has 0 bridgehead atoms. The summed E-state index contributed by atoms with van der Waals surface area (Å²) < 4.78 is 5.63. The highest BCUT2D eigenvalue weighted by Crippen LogP contribution is 2.60. The first-order valence-corrected chi connectivity index (χ1v) is 13.7. The van der Waals surface area contributed by atoms with Crippen LogP contribution in [0.1, 0.15) is 106 Å². The van der Waals surface area contributed by atoms with Crippen molar-refractivity contribution >= 4 is 11.7 Å². The predicted octanol–water partition coefficient (Wildman–Crippen LogP) is 7.70. The Balaban J connectivity index is 1.54. The van der Waals surface area contributed by atoms with Gasteiger partial charge in [-0.3, -0.25) is 9.79 Å². The molecule has 0 saturated heterocycles. The van der Waals surface area contributed by atoms with Gasteiger partial charge in [0.2, 0.25) is 0 Å². The van der Waals surface area contributed by atoms with Gasteiger partial charge >= 0.3 is 5.97 Å². The summed E-state index contributed by atoms with van der Waals surface area (Å²) >= 11 is 0. The lowest BCUT2D eigenvalue weighted by Crippen LogP contribution is -2.50. The maximum Gasteiger partial charge on any atom is 0.302 e. The van der Waals surface area contributed by atoms with Gasteiger partial charge in [-0.2, -0.15) is 0 Å². The molecule has 0 aromatic rings. The van der Waals surface area contributed by atoms with Crippen molar-refractivity contribution in [2.45, 2.75) is 112 Å². The van der Waals surface area contributed by atoms with Crippen LogP contribution in [0.3, 0.4) is 0 Å². The van der Waals surface area contributed by atoms with Crippen molar-refractivity contribution in [3.8, 4) is 0 Å². The number of nitrogens with zero attached hydrogens (tertiary/aromatic N) is 1. The standard InChI is InChI=1S/C30H47NO2/c1-19(2)20(3)8-9-21(4)26-14-17-31-28-25-11-10-23-18-24(33-22(5)32)12-15-29(23,6)27(25)13-16-30(26,28)7/h19,21,23-24,26H,3,8-18H2,1-2,4-7H3/t21-,23+,24+,26-,29+,30-/m1/s1. The summed E-state index contributed by atoms with van der Waals surface area (Å²) in [6.07, 6.45) is 11.8. The second kappa shape index (κ2) is 9.34. The predicted molar refractivity (Wildman–Crippen MR) is 137 cm³/mol. The Bertz CT molecular complexity index is 851. The van der Waals surface area contributed by atoms with Gasteiger partial charge in [0.15, 0.2) is 0 Å². The Morgan fingerprint density at radius 1 is 1.12 bits per heavy atom. The van der Waals surface area contributed by atoms with Crippen LogP contribution in [-0.2, 0) is 9.53 Å². The molecule has 0 spiro atoms. The van der Waals surface area contributed by atoms with E-state index in [0.29, 0.717) is 17.8 Å². The van der Waals surface area contributed by atoms with E-state index < -0.39 is 0 Å². The number of allylic oxidation sites excluding steroid dienone is 3. The van der Waals surface area contributed by atoms with Gasteiger partial charge in [0, 0.05) is 24.6 Å². The van der Waals surface area contributed by atoms with Crippen molar-refractivity contribution < 1.29 is 9.53 Å². The summed E-state index contributed by atoms with van der Waals surface area (Å²) in [7, 11) is 0. The Morgan fingerprint density at radius 3 is 2.58 bits per heavy atom. The monoisotopic (exact) mass is 453 g/mol. The molecule has 184 valence electrons. The third kappa shape index (κ3) is 4.50. The quantitative estimate of drug-likeness (QED) is 0.305. The topological polar surface area (TPSA) is 38.7 Å². The molecule has 1 fully saturated rings. The first kappa shape index (κ1) is 24.7. The van der Waals surface area contributed by atoms with Crippen LogP contribution in [0.15, 0.2) is 28.3 Å². The van der Waals surface area contributed by atoms with Gasteiger partial charge in [-0.1, -0.05) is 52.3 Å². The van der Waals surface area contributed by atoms with Gasteiger partial charge in [0.1, 0.15) is 6.10 Å². The summed E-state index contributed by atoms with van der Waals surface area (Å²) in [6.45, 7) is 19.0. The first-order chi connectivity index (χ1) is 15.6. The van der Waals surface area contributed by atoms with E-state index in [0.717, 1.165) is 38.1 Å². The number of carbonyl (C=O) groups is 1. The average Bonchev–Trinajstić information content (AvgIpc) is 2.76. The summed E-state index contributed by atoms with van der Waals surface area (Å²) in [5.74, 6) is 2.54. The zero-order valence-electron chi connectivity index (χ0n) is 22.1. The van der Waals surface area contributed by atoms with Crippen LogP contribution >= 0.6 is 0 Å². The minimum Gasteiger partial charge on any atom is -0.463 e. The minimum atomic E-state index is -0.124. The van der Waals surface area contributed by atoms with Gasteiger partial charge in [0.25, 0.3) is 0 Å². The molecule has 1 aliphatic heterocycles. The lowest BCUT2D eigenvalue weighted by Gasteiger charge is -2.55. The second-order valence-corrected chi connectivity index (χ2v) is 12.5. The van der Waals surface area contributed by atoms with E-state index in [1.165, 1.54) is 49.8 Å². The fraction of sp³-hybridized carbons (Fsp3) is 0.800. The van der Waals surface area contributed by atoms with Crippen LogP contribution in [0, 0.1) is 34.5 Å². The molecule has 0 amide bonds. The lowest BCUT2D eigenvalue weighted by molar-refractivity contribution is -0.150. The largest absolute Gasteiger partial charge is 0.463 e. The molecule has 4 rings (SSSR count). The molecule has 4 aliphatic rings. The van der Waals surface area contributed by atoms with Gasteiger partial charge in [0.05, 0.1) is 0 Å². The van der Waals surface area contributed by atoms with E-state index in [4.69, 9.17) is 9.73 Å². The maximum absolute atomic E-state index is 11.5. The molecule has 0 N–H and O–H groups in total. The number of fused-ring (bicyclic) bond motifs is 4. The maximum atomic E-state index is 11.5. The zero-order chi connectivity index (χ0) is 24.0. The smallest absolute Gasteiger partial charge is 0.302 e. The van der Waals surface area contributed by atoms with Crippen molar-refractivity contribution in [1.29, 1.82) is 0 Å². The molecule has 0 radical (unpaired) electrons. The highest BCUT2D eigenvalue weighted by molar-refractivity contribution is 6.06. The number of esters is 1. The SMILES string of the molecule is C=C(CC[C@@H](C)[C@H]1CCN=C2C3=C(CC[C@@]21C)[C@@]1(C)CC[C@H](OC(C)=O)C[C@@H]1CC3)C(C)C. The number of aliphatic imine (C=N–C) groups is 1. The summed E-state index contributed by atoms with van der Waals surface area (Å²) in [5.41, 5.74) is 6.74. The van der Waals surface area contributed by atoms with Crippen LogP contribution in [0.2, 0.25) is 0 Å². The summed E-state index contributed by atoms with van der Waals surface area (Å²) in [4.78, 5) is 16.8. The number of rotatable bonds is 6. The Morgan fingerprint density at radius 2 is 1.88 bits per heavy atom. The highest BCUT2D eigenvalue weighted by atomic mass is 16.5. The van der Waals surface area contributed by atoms with Crippen LogP contribution < -0.4 is 0 Å². The minimum absolute atomic E-state index is 0.120. The third-order valence-electron chi connectivity index (χ3n) is 10.2. The molecule has 1 saturated carbocycles. The van der Waals surface area contributed by atoms with Crippen molar-refractivity contribution in [2.24, 2.45) is 39.5 Å². The Kier molecular flexibility index (Phi) is 7.00. The van der Waals surface area contributed by atoms with Gasteiger partial charge in [-0.05, 0) is 98.9 Å². The molecule has 6 atom stereocenters. The van der Waals surface area contributed by atoms with Crippen molar-refractivity contribution in [1.82, 2.24) is 0 Å². The van der Waals surface area contributed by atoms with E-state index in [2.05, 4.69) is 41.2 Å². The molecule has 3 aliphatic carbocycles. The second-order valence-electron chi connectivity index (χ2n) is 12.5. The molecule has 3 heteroatoms. The van der Waals surface area contributed by atoms with Crippen LogP contribution in [-0.4, -0.2) is 24.3 Å². The molecule has 0 aromatic carbocycles. The van der Waals surface area contributed by atoms with E-state index in [-0.39, 0.29) is 22.9 Å². The third-order valence-corrected chi connectivity index (χ3v) is 10.2. The normalized spacial score (nSPS) is 36.9. The first-order valence-electron chi connectivity index (χ1n) is 13.7. The van der Waals surface area contributed by atoms with Crippen LogP contribution in [0.5, 0.6) is 0 Å². The number of hydrogen-bond donors (Lipinski definition) is 0. The fourth-order valence-corrected chi connectivity index (χ4v) is 7.98. The molecular weight excluding hydrogens is 406 g/mol. The van der Waals surface area contributed by atoms with Crippen LogP contribution in [0.4, 0.5) is 0 Å². The number of ether oxygens (including phenoxy) is 1. The lowest BCUT2D eigenvalue weighted by atomic mass is 9.50. The summed E-state index contributed by atoms with van der Waals surface area (Å²) in [6, 6.07) is 0. The fourth-order valence-electron chi connectivity index (χ4n) is 7.98. The average molecular weight is 454 g/mol. The molecule has 3 nitrogen and oxygen atoms in total. The van der Waals surface area contributed by atoms with Gasteiger partial charge in [-0.15, -0.1) is 0 Å². The van der Waals surface area contributed by atoms with Gasteiger partial charge < -0.3 is 4.74 Å². The van der Waals surface area contributed by atoms with E-state index in [1.807, 2.05) is 0 Å². The van der Waals surface area contributed by atoms with Gasteiger partial charge in [-0.25, -0.2) is 0 Å². The molecule has 1 heterocycles. The van der Waals surface area contributed by atoms with Crippen molar-refractivity contribution in [2.75, 3.05) is 6.54 Å². The van der Waals surface area contributed by atoms with E-state index in [9.17, 15) is 4.79 Å². The van der Waals surface area contributed by atoms with Crippen molar-refractivity contribution in [3.05, 3.63) is 23.3 Å². The summed E-state index contributed by atoms with van der Waals surface area (Å²) in [5, 5.41) is 0. The number of carbonyl (C=O) groups excluding carboxylic acids is 1. The Hall–Kier alpha value is -1.38. The zero-order valence-corrected chi connectivity index (χ0v) is 22.1. The van der Waals surface area contributed by atoms with Crippen molar-refractivity contribution in [3.63, 3.8) is 0 Å². The molecule has 0 aromatic heterocycles.